The molecule has 0 saturated carbocycles. The third-order valence-electron chi connectivity index (χ3n) is 2.89. The Morgan fingerprint density at radius 2 is 2.21 bits per heavy atom. The van der Waals surface area contributed by atoms with Gasteiger partial charge in [0.2, 0.25) is 5.78 Å². The van der Waals surface area contributed by atoms with E-state index in [4.69, 9.17) is 0 Å². The molecule has 1 N–H and O–H groups in total. The lowest BCUT2D eigenvalue weighted by molar-refractivity contribution is -0.122. The second-order valence-electron chi connectivity index (χ2n) is 4.01. The molecule has 0 radical (unpaired) electrons. The number of imide groups is 1. The molecule has 0 aliphatic carbocycles. The van der Waals surface area contributed by atoms with Gasteiger partial charge in [-0.3, -0.25) is 14.1 Å². The number of aromatic nitrogens is 3. The lowest BCUT2D eigenvalue weighted by atomic mass is 10.3. The number of nitrogens with one attached hydrogen (secondary N) is 1. The number of imidazole rings is 1. The molecule has 1 aliphatic rings. The van der Waals surface area contributed by atoms with E-state index in [0.717, 1.165) is 4.90 Å². The first-order valence-electron chi connectivity index (χ1n) is 5.83. The Kier molecular flexibility index (Phi) is 2.52. The minimum atomic E-state index is -0.398. The molecule has 1 aliphatic heterocycles. The van der Waals surface area contributed by atoms with Crippen LogP contribution in [-0.4, -0.2) is 37.8 Å². The normalized spacial score (nSPS) is 17.5. The first kappa shape index (κ1) is 11.4. The molecule has 3 rings (SSSR count). The molecule has 0 spiro atoms. The van der Waals surface area contributed by atoms with Crippen molar-refractivity contribution in [2.75, 3.05) is 6.54 Å². The summed E-state index contributed by atoms with van der Waals surface area (Å²) in [5.41, 5.74) is 0.933. The van der Waals surface area contributed by atoms with Crippen molar-refractivity contribution in [3.63, 3.8) is 0 Å². The highest BCUT2D eigenvalue weighted by atomic mass is 16.2. The minimum absolute atomic E-state index is 0.248. The van der Waals surface area contributed by atoms with Gasteiger partial charge in [-0.05, 0) is 19.1 Å². The van der Waals surface area contributed by atoms with Gasteiger partial charge < -0.3 is 5.32 Å². The van der Waals surface area contributed by atoms with Crippen molar-refractivity contribution < 1.29 is 9.59 Å². The molecular weight excluding hydrogens is 246 g/mol. The molecule has 7 heteroatoms. The highest BCUT2D eigenvalue weighted by Crippen LogP contribution is 2.14. The van der Waals surface area contributed by atoms with E-state index in [1.165, 1.54) is 0 Å². The number of rotatable bonds is 2. The van der Waals surface area contributed by atoms with Gasteiger partial charge in [-0.25, -0.2) is 14.8 Å². The minimum Gasteiger partial charge on any atom is -0.303 e. The van der Waals surface area contributed by atoms with Gasteiger partial charge in [0.1, 0.15) is 5.70 Å². The van der Waals surface area contributed by atoms with Crippen LogP contribution in [0.2, 0.25) is 0 Å². The summed E-state index contributed by atoms with van der Waals surface area (Å²) < 4.78 is 1.74. The number of fused-ring (bicyclic) bond motifs is 1. The Morgan fingerprint density at radius 1 is 1.37 bits per heavy atom. The zero-order valence-corrected chi connectivity index (χ0v) is 10.2. The summed E-state index contributed by atoms with van der Waals surface area (Å²) in [7, 11) is 0. The largest absolute Gasteiger partial charge is 0.328 e. The first-order valence-corrected chi connectivity index (χ1v) is 5.83. The smallest absolute Gasteiger partial charge is 0.303 e. The molecule has 1 saturated heterocycles. The average molecular weight is 257 g/mol. The van der Waals surface area contributed by atoms with E-state index >= 15 is 0 Å². The molecule has 2 aromatic rings. The topological polar surface area (TPSA) is 79.6 Å². The molecule has 2 aromatic heterocycles. The number of likely N-dealkylation sites (N-methyl/N-ethyl adjacent to an activating group) is 1. The van der Waals surface area contributed by atoms with E-state index in [1.807, 2.05) is 0 Å². The van der Waals surface area contributed by atoms with Crippen molar-refractivity contribution >= 4 is 23.8 Å². The fraction of sp³-hybridized carbons (Fsp3) is 0.167. The van der Waals surface area contributed by atoms with Crippen molar-refractivity contribution in [2.45, 2.75) is 6.92 Å². The Balaban J connectivity index is 2.03. The highest BCUT2D eigenvalue weighted by Gasteiger charge is 2.32. The zero-order valence-electron chi connectivity index (χ0n) is 10.2. The second kappa shape index (κ2) is 4.20. The van der Waals surface area contributed by atoms with E-state index < -0.39 is 6.03 Å². The molecular formula is C12H11N5O2. The van der Waals surface area contributed by atoms with Gasteiger partial charge in [0.15, 0.2) is 0 Å². The fourth-order valence-corrected chi connectivity index (χ4v) is 1.96. The van der Waals surface area contributed by atoms with Crippen LogP contribution in [0.1, 0.15) is 12.6 Å². The quantitative estimate of drug-likeness (QED) is 0.632. The molecule has 0 unspecified atom stereocenters. The lowest BCUT2D eigenvalue weighted by Crippen LogP contribution is -2.30. The van der Waals surface area contributed by atoms with Gasteiger partial charge >= 0.3 is 6.03 Å². The summed E-state index contributed by atoms with van der Waals surface area (Å²) in [6.07, 6.45) is 6.63. The van der Waals surface area contributed by atoms with Crippen LogP contribution in [0.25, 0.3) is 11.9 Å². The molecule has 96 valence electrons. The second-order valence-corrected chi connectivity index (χ2v) is 4.01. The summed E-state index contributed by atoms with van der Waals surface area (Å²) in [6, 6.07) is 1.37. The molecule has 19 heavy (non-hydrogen) atoms. The van der Waals surface area contributed by atoms with E-state index in [2.05, 4.69) is 15.3 Å². The van der Waals surface area contributed by atoms with Gasteiger partial charge in [-0.2, -0.15) is 0 Å². The maximum atomic E-state index is 11.9. The van der Waals surface area contributed by atoms with Crippen LogP contribution < -0.4 is 5.32 Å². The number of nitrogens with zero attached hydrogens (tertiary/aromatic N) is 4. The van der Waals surface area contributed by atoms with Gasteiger partial charge in [0.05, 0.1) is 11.9 Å². The number of amides is 3. The SMILES string of the molecule is CCN1C(=O)N/C(=C\c2cnc3ncccn23)C1=O. The van der Waals surface area contributed by atoms with E-state index in [1.54, 1.807) is 42.1 Å². The summed E-state index contributed by atoms with van der Waals surface area (Å²) >= 11 is 0. The van der Waals surface area contributed by atoms with Gasteiger partial charge in [0.25, 0.3) is 5.91 Å². The Bertz CT molecular complexity index is 703. The van der Waals surface area contributed by atoms with Crippen molar-refractivity contribution in [3.8, 4) is 0 Å². The molecule has 3 amide bonds. The van der Waals surface area contributed by atoms with Crippen LogP contribution in [0.3, 0.4) is 0 Å². The summed E-state index contributed by atoms with van der Waals surface area (Å²) in [5, 5.41) is 2.54. The maximum Gasteiger partial charge on any atom is 0.328 e. The van der Waals surface area contributed by atoms with Crippen molar-refractivity contribution in [1.82, 2.24) is 24.6 Å². The Morgan fingerprint density at radius 3 is 2.95 bits per heavy atom. The molecule has 3 heterocycles. The van der Waals surface area contributed by atoms with Crippen LogP contribution in [0.4, 0.5) is 4.79 Å². The third kappa shape index (κ3) is 1.75. The highest BCUT2D eigenvalue weighted by molar-refractivity contribution is 6.13. The summed E-state index contributed by atoms with van der Waals surface area (Å²) in [5.74, 6) is 0.213. The van der Waals surface area contributed by atoms with Crippen molar-refractivity contribution in [1.29, 1.82) is 0 Å². The number of carbonyl (C=O) groups excluding carboxylic acids is 2. The lowest BCUT2D eigenvalue weighted by Gasteiger charge is -2.05. The van der Waals surface area contributed by atoms with E-state index in [0.29, 0.717) is 18.0 Å². The molecule has 7 nitrogen and oxygen atoms in total. The van der Waals surface area contributed by atoms with Crippen LogP contribution in [0.15, 0.2) is 30.4 Å². The molecule has 0 aromatic carbocycles. The first-order chi connectivity index (χ1) is 9.20. The monoisotopic (exact) mass is 257 g/mol. The predicted octanol–water partition coefficient (Wildman–Crippen LogP) is 0.642. The van der Waals surface area contributed by atoms with Crippen LogP contribution in [-0.2, 0) is 4.79 Å². The van der Waals surface area contributed by atoms with Crippen molar-refractivity contribution in [3.05, 3.63) is 36.0 Å². The van der Waals surface area contributed by atoms with Crippen LogP contribution >= 0.6 is 0 Å². The summed E-state index contributed by atoms with van der Waals surface area (Å²) in [6.45, 7) is 2.09. The van der Waals surface area contributed by atoms with E-state index in [9.17, 15) is 9.59 Å². The van der Waals surface area contributed by atoms with Crippen LogP contribution in [0, 0.1) is 0 Å². The maximum absolute atomic E-state index is 11.9. The third-order valence-corrected chi connectivity index (χ3v) is 2.89. The number of carbonyl (C=O) groups is 2. The molecule has 1 fully saturated rings. The Labute approximate surface area is 108 Å². The van der Waals surface area contributed by atoms with Gasteiger partial charge in [0, 0.05) is 18.9 Å². The van der Waals surface area contributed by atoms with Crippen molar-refractivity contribution in [2.24, 2.45) is 0 Å². The van der Waals surface area contributed by atoms with E-state index in [-0.39, 0.29) is 11.6 Å². The number of hydrogen-bond donors (Lipinski definition) is 1. The Hall–Kier alpha value is -2.70. The van der Waals surface area contributed by atoms with Gasteiger partial charge in [-0.15, -0.1) is 0 Å². The number of hydrogen-bond acceptors (Lipinski definition) is 4. The zero-order chi connectivity index (χ0) is 13.4. The molecule has 0 bridgehead atoms. The average Bonchev–Trinajstić information content (AvgIpc) is 2.93. The van der Waals surface area contributed by atoms with Crippen LogP contribution in [0.5, 0.6) is 0 Å². The summed E-state index contributed by atoms with van der Waals surface area (Å²) in [4.78, 5) is 32.8. The predicted molar refractivity (Wildman–Crippen MR) is 66.9 cm³/mol. The number of urea groups is 1. The molecule has 0 atom stereocenters. The van der Waals surface area contributed by atoms with Gasteiger partial charge in [-0.1, -0.05) is 0 Å². The fourth-order valence-electron chi connectivity index (χ4n) is 1.96. The standard InChI is InChI=1S/C12H11N5O2/c1-2-16-10(18)9(15-12(16)19)6-8-7-14-11-13-4-3-5-17(8)11/h3-7H,2H2,1H3,(H,15,19)/b9-6-.